The van der Waals surface area contributed by atoms with Crippen LogP contribution in [0.15, 0.2) is 0 Å². The highest BCUT2D eigenvalue weighted by atomic mass is 16.4. The third-order valence-electron chi connectivity index (χ3n) is 7.75. The van der Waals surface area contributed by atoms with Gasteiger partial charge in [-0.25, -0.2) is 0 Å². The molecule has 0 fully saturated rings. The minimum atomic E-state index is -2.80. The molecule has 6 atom stereocenters. The molecule has 3 N–H and O–H groups in total. The van der Waals surface area contributed by atoms with Crippen LogP contribution in [0.1, 0.15) is 132 Å². The van der Waals surface area contributed by atoms with E-state index in [1.165, 1.54) is 0 Å². The molecule has 0 rings (SSSR count). The van der Waals surface area contributed by atoms with Gasteiger partial charge in [0.2, 0.25) is 5.60 Å². The Labute approximate surface area is 227 Å². The van der Waals surface area contributed by atoms with Crippen molar-refractivity contribution in [2.24, 2.45) is 29.6 Å². The molecule has 0 aliphatic carbocycles. The fourth-order valence-electron chi connectivity index (χ4n) is 4.89. The average molecular weight is 527 g/mol. The van der Waals surface area contributed by atoms with E-state index in [0.29, 0.717) is 31.1 Å². The van der Waals surface area contributed by atoms with Gasteiger partial charge >= 0.3 is 0 Å². The zero-order valence-electron chi connectivity index (χ0n) is 25.1. The van der Waals surface area contributed by atoms with Crippen molar-refractivity contribution in [1.29, 1.82) is 0 Å². The summed E-state index contributed by atoms with van der Waals surface area (Å²) >= 11 is 0. The molecular formula is C31H58O6. The highest BCUT2D eigenvalue weighted by molar-refractivity contribution is 6.12. The summed E-state index contributed by atoms with van der Waals surface area (Å²) in [5, 5.41) is 33.3. The maximum Gasteiger partial charge on any atom is 0.210 e. The Hall–Kier alpha value is -1.11. The zero-order chi connectivity index (χ0) is 28.8. The minimum absolute atomic E-state index is 0.0871. The van der Waals surface area contributed by atoms with Crippen LogP contribution in [-0.4, -0.2) is 50.5 Å². The van der Waals surface area contributed by atoms with Gasteiger partial charge in [0.1, 0.15) is 12.2 Å². The number of carbonyl (C=O) groups excluding carboxylic acids is 3. The van der Waals surface area contributed by atoms with Gasteiger partial charge in [-0.1, -0.05) is 107 Å². The molecule has 6 unspecified atom stereocenters. The van der Waals surface area contributed by atoms with Crippen LogP contribution in [0.3, 0.4) is 0 Å². The Morgan fingerprint density at radius 2 is 1.19 bits per heavy atom. The second kappa shape index (κ2) is 18.2. The van der Waals surface area contributed by atoms with Crippen molar-refractivity contribution in [1.82, 2.24) is 0 Å². The lowest BCUT2D eigenvalue weighted by atomic mass is 9.75. The molecule has 0 amide bonds. The fourth-order valence-corrected chi connectivity index (χ4v) is 4.89. The van der Waals surface area contributed by atoms with Crippen LogP contribution in [0.4, 0.5) is 0 Å². The molecule has 0 spiro atoms. The van der Waals surface area contributed by atoms with Crippen molar-refractivity contribution in [3.63, 3.8) is 0 Å². The molecular weight excluding hydrogens is 468 g/mol. The molecule has 0 heterocycles. The monoisotopic (exact) mass is 526 g/mol. The molecule has 218 valence electrons. The van der Waals surface area contributed by atoms with Gasteiger partial charge in [-0.2, -0.15) is 0 Å². The Morgan fingerprint density at radius 1 is 0.676 bits per heavy atom. The second-order valence-electron chi connectivity index (χ2n) is 12.4. The normalized spacial score (nSPS) is 17.8. The van der Waals surface area contributed by atoms with Crippen LogP contribution in [0.2, 0.25) is 0 Å². The summed E-state index contributed by atoms with van der Waals surface area (Å²) in [4.78, 5) is 39.8. The number of aliphatic hydroxyl groups excluding tert-OH is 2. The van der Waals surface area contributed by atoms with Gasteiger partial charge in [0, 0.05) is 18.3 Å². The van der Waals surface area contributed by atoms with E-state index in [1.807, 2.05) is 6.92 Å². The molecule has 0 aromatic carbocycles. The molecule has 6 heteroatoms. The number of Topliss-reactive ketones (excluding diaryl/α,β-unsaturated/α-hetero) is 3. The van der Waals surface area contributed by atoms with E-state index in [-0.39, 0.29) is 12.3 Å². The van der Waals surface area contributed by atoms with Crippen LogP contribution in [0.25, 0.3) is 0 Å². The SMILES string of the molecule is CCCCCC(C)CCC(=O)C(O)(C(=O)C(C)CCCC(C)C)C(O)C(O)C(=O)C(C)CCCC(C)C. The first-order chi connectivity index (χ1) is 17.2. The van der Waals surface area contributed by atoms with Crippen molar-refractivity contribution < 1.29 is 29.7 Å². The number of rotatable bonds is 22. The number of hydrogen-bond acceptors (Lipinski definition) is 6. The summed E-state index contributed by atoms with van der Waals surface area (Å²) < 4.78 is 0. The first-order valence-corrected chi connectivity index (χ1v) is 14.9. The molecule has 6 nitrogen and oxygen atoms in total. The first kappa shape index (κ1) is 35.9. The van der Waals surface area contributed by atoms with Crippen molar-refractivity contribution >= 4 is 17.3 Å². The third-order valence-corrected chi connectivity index (χ3v) is 7.75. The average Bonchev–Trinajstić information content (AvgIpc) is 2.84. The maximum atomic E-state index is 13.5. The number of ketones is 3. The zero-order valence-corrected chi connectivity index (χ0v) is 25.1. The van der Waals surface area contributed by atoms with Crippen molar-refractivity contribution in [2.45, 2.75) is 150 Å². The largest absolute Gasteiger partial charge is 0.386 e. The highest BCUT2D eigenvalue weighted by Gasteiger charge is 2.54. The molecule has 0 aromatic heterocycles. The van der Waals surface area contributed by atoms with E-state index in [2.05, 4.69) is 34.6 Å². The molecule has 37 heavy (non-hydrogen) atoms. The van der Waals surface area contributed by atoms with Gasteiger partial charge in [-0.15, -0.1) is 0 Å². The van der Waals surface area contributed by atoms with Gasteiger partial charge in [0.25, 0.3) is 0 Å². The summed E-state index contributed by atoms with van der Waals surface area (Å²) in [6, 6.07) is 0. The lowest BCUT2D eigenvalue weighted by molar-refractivity contribution is -0.177. The summed E-state index contributed by atoms with van der Waals surface area (Å²) in [6.07, 6.45) is 4.75. The van der Waals surface area contributed by atoms with Crippen LogP contribution in [-0.2, 0) is 14.4 Å². The molecule has 0 aliphatic rings. The van der Waals surface area contributed by atoms with Gasteiger partial charge in [0.05, 0.1) is 0 Å². The molecule has 0 saturated carbocycles. The predicted octanol–water partition coefficient (Wildman–Crippen LogP) is 6.07. The van der Waals surface area contributed by atoms with Crippen LogP contribution >= 0.6 is 0 Å². The predicted molar refractivity (Wildman–Crippen MR) is 150 cm³/mol. The van der Waals surface area contributed by atoms with Crippen molar-refractivity contribution in [2.75, 3.05) is 0 Å². The van der Waals surface area contributed by atoms with Crippen molar-refractivity contribution in [3.8, 4) is 0 Å². The number of aliphatic hydroxyl groups is 3. The maximum absolute atomic E-state index is 13.5. The summed E-state index contributed by atoms with van der Waals surface area (Å²) in [5.41, 5.74) is -2.80. The molecule has 0 bridgehead atoms. The van der Waals surface area contributed by atoms with Gasteiger partial charge in [-0.05, 0) is 37.0 Å². The molecule has 0 aliphatic heterocycles. The summed E-state index contributed by atoms with van der Waals surface area (Å²) in [5.74, 6) is -2.32. The van der Waals surface area contributed by atoms with Gasteiger partial charge in [0.15, 0.2) is 17.3 Å². The van der Waals surface area contributed by atoms with E-state index in [4.69, 9.17) is 0 Å². The number of carbonyl (C=O) groups is 3. The Kier molecular flexibility index (Phi) is 17.7. The molecule has 0 radical (unpaired) electrons. The van der Waals surface area contributed by atoms with E-state index >= 15 is 0 Å². The summed E-state index contributed by atoms with van der Waals surface area (Å²) in [6.45, 7) is 15.8. The van der Waals surface area contributed by atoms with E-state index < -0.39 is 47.0 Å². The Bertz CT molecular complexity index is 673. The van der Waals surface area contributed by atoms with Crippen LogP contribution in [0, 0.1) is 29.6 Å². The smallest absolute Gasteiger partial charge is 0.210 e. The number of hydrogen-bond donors (Lipinski definition) is 3. The summed E-state index contributed by atoms with van der Waals surface area (Å²) in [7, 11) is 0. The Morgan fingerprint density at radius 3 is 1.68 bits per heavy atom. The molecule has 0 saturated heterocycles. The van der Waals surface area contributed by atoms with Gasteiger partial charge in [-0.3, -0.25) is 14.4 Å². The highest BCUT2D eigenvalue weighted by Crippen LogP contribution is 2.29. The van der Waals surface area contributed by atoms with Gasteiger partial charge < -0.3 is 15.3 Å². The fraction of sp³-hybridized carbons (Fsp3) is 0.903. The van der Waals surface area contributed by atoms with E-state index in [0.717, 1.165) is 51.4 Å². The number of unbranched alkanes of at least 4 members (excludes halogenated alkanes) is 2. The molecule has 0 aromatic rings. The van der Waals surface area contributed by atoms with E-state index in [9.17, 15) is 29.7 Å². The lowest BCUT2D eigenvalue weighted by Crippen LogP contribution is -2.63. The second-order valence-corrected chi connectivity index (χ2v) is 12.4. The lowest BCUT2D eigenvalue weighted by Gasteiger charge is -2.35. The van der Waals surface area contributed by atoms with Crippen LogP contribution in [0.5, 0.6) is 0 Å². The first-order valence-electron chi connectivity index (χ1n) is 14.9. The quantitative estimate of drug-likeness (QED) is 0.117. The van der Waals surface area contributed by atoms with Crippen molar-refractivity contribution in [3.05, 3.63) is 0 Å². The standard InChI is InChI=1S/C31H58O6/c1-9-10-11-16-23(6)19-20-26(32)31(37,29(35)25(8)18-13-15-22(4)5)30(36)28(34)27(33)24(7)17-12-14-21(2)3/h21-25,28,30,34,36-37H,9-20H2,1-8H3. The Balaban J connectivity index is 5.69. The third kappa shape index (κ3) is 12.5. The van der Waals surface area contributed by atoms with Crippen LogP contribution < -0.4 is 0 Å². The van der Waals surface area contributed by atoms with E-state index in [1.54, 1.807) is 13.8 Å². The minimum Gasteiger partial charge on any atom is -0.386 e. The topological polar surface area (TPSA) is 112 Å².